The molecule has 1 N–H and O–H groups in total. The van der Waals surface area contributed by atoms with Crippen LogP contribution in [0.4, 0.5) is 0 Å². The molecule has 0 bridgehead atoms. The highest BCUT2D eigenvalue weighted by molar-refractivity contribution is 5.89. The molecule has 0 aliphatic carbocycles. The van der Waals surface area contributed by atoms with Crippen LogP contribution in [0.5, 0.6) is 0 Å². The van der Waals surface area contributed by atoms with Gasteiger partial charge in [-0.05, 0) is 23.3 Å². The van der Waals surface area contributed by atoms with Gasteiger partial charge in [0.05, 0.1) is 12.0 Å². The van der Waals surface area contributed by atoms with Gasteiger partial charge in [0.25, 0.3) is 0 Å². The zero-order valence-electron chi connectivity index (χ0n) is 10.8. The smallest absolute Gasteiger partial charge is 0.338 e. The van der Waals surface area contributed by atoms with Crippen LogP contribution in [0.25, 0.3) is 0 Å². The minimum Gasteiger partial charge on any atom is -0.481 e. The Morgan fingerprint density at radius 1 is 0.900 bits per heavy atom. The van der Waals surface area contributed by atoms with Gasteiger partial charge in [0.2, 0.25) is 0 Å². The fourth-order valence-corrected chi connectivity index (χ4v) is 1.74. The minimum atomic E-state index is -0.899. The summed E-state index contributed by atoms with van der Waals surface area (Å²) in [7, 11) is 0. The van der Waals surface area contributed by atoms with Crippen molar-refractivity contribution >= 4 is 11.9 Å². The second-order valence-electron chi connectivity index (χ2n) is 4.33. The van der Waals surface area contributed by atoms with Crippen molar-refractivity contribution in [2.45, 2.75) is 13.0 Å². The van der Waals surface area contributed by atoms with E-state index < -0.39 is 11.9 Å². The SMILES string of the molecule is O=C(O)Cc1ccc(C(=O)OCc2ccccc2)cc1. The molecule has 102 valence electrons. The first-order valence-electron chi connectivity index (χ1n) is 6.17. The van der Waals surface area contributed by atoms with Crippen molar-refractivity contribution in [3.63, 3.8) is 0 Å². The van der Waals surface area contributed by atoms with E-state index in [1.807, 2.05) is 30.3 Å². The van der Waals surface area contributed by atoms with Crippen molar-refractivity contribution in [3.8, 4) is 0 Å². The second-order valence-corrected chi connectivity index (χ2v) is 4.33. The average molecular weight is 270 g/mol. The van der Waals surface area contributed by atoms with E-state index in [0.29, 0.717) is 11.1 Å². The second kappa shape index (κ2) is 6.52. The molecule has 2 rings (SSSR count). The van der Waals surface area contributed by atoms with E-state index in [1.54, 1.807) is 24.3 Å². The van der Waals surface area contributed by atoms with Gasteiger partial charge in [0.1, 0.15) is 6.61 Å². The summed E-state index contributed by atoms with van der Waals surface area (Å²) in [5.41, 5.74) is 1.98. The highest BCUT2D eigenvalue weighted by Gasteiger charge is 2.08. The van der Waals surface area contributed by atoms with Crippen LogP contribution in [0, 0.1) is 0 Å². The van der Waals surface area contributed by atoms with E-state index in [-0.39, 0.29) is 13.0 Å². The molecule has 4 nitrogen and oxygen atoms in total. The lowest BCUT2D eigenvalue weighted by Crippen LogP contribution is -2.06. The molecule has 0 aromatic heterocycles. The summed E-state index contributed by atoms with van der Waals surface area (Å²) in [6.45, 7) is 0.219. The Morgan fingerprint density at radius 3 is 2.15 bits per heavy atom. The Kier molecular flexibility index (Phi) is 4.50. The van der Waals surface area contributed by atoms with Gasteiger partial charge in [0, 0.05) is 0 Å². The first-order valence-corrected chi connectivity index (χ1v) is 6.17. The van der Waals surface area contributed by atoms with E-state index in [9.17, 15) is 9.59 Å². The van der Waals surface area contributed by atoms with Crippen LogP contribution in [0.3, 0.4) is 0 Å². The van der Waals surface area contributed by atoms with Gasteiger partial charge in [-0.3, -0.25) is 4.79 Å². The molecule has 2 aromatic carbocycles. The molecule has 0 saturated heterocycles. The number of carbonyl (C=O) groups is 2. The molecule has 4 heteroatoms. The van der Waals surface area contributed by atoms with Crippen molar-refractivity contribution in [1.82, 2.24) is 0 Å². The van der Waals surface area contributed by atoms with Crippen LogP contribution in [0.1, 0.15) is 21.5 Å². The number of carbonyl (C=O) groups excluding carboxylic acids is 1. The number of esters is 1. The molecule has 0 radical (unpaired) electrons. The molecule has 0 unspecified atom stereocenters. The third-order valence-corrected chi connectivity index (χ3v) is 2.76. The highest BCUT2D eigenvalue weighted by atomic mass is 16.5. The van der Waals surface area contributed by atoms with Crippen molar-refractivity contribution in [1.29, 1.82) is 0 Å². The molecule has 0 fully saturated rings. The normalized spacial score (nSPS) is 10.0. The van der Waals surface area contributed by atoms with E-state index >= 15 is 0 Å². The summed E-state index contributed by atoms with van der Waals surface area (Å²) in [4.78, 5) is 22.4. The molecule has 0 aliphatic heterocycles. The third kappa shape index (κ3) is 3.95. The first-order chi connectivity index (χ1) is 9.65. The van der Waals surface area contributed by atoms with Gasteiger partial charge in [-0.25, -0.2) is 4.79 Å². The summed E-state index contributed by atoms with van der Waals surface area (Å²) >= 11 is 0. The zero-order chi connectivity index (χ0) is 14.4. The molecule has 20 heavy (non-hydrogen) atoms. The Balaban J connectivity index is 1.94. The van der Waals surface area contributed by atoms with E-state index in [0.717, 1.165) is 5.56 Å². The molecule has 0 amide bonds. The first kappa shape index (κ1) is 13.8. The number of ether oxygens (including phenoxy) is 1. The van der Waals surface area contributed by atoms with Gasteiger partial charge in [0.15, 0.2) is 0 Å². The largest absolute Gasteiger partial charge is 0.481 e. The predicted octanol–water partition coefficient (Wildman–Crippen LogP) is 2.67. The molecule has 2 aromatic rings. The number of aliphatic carboxylic acids is 1. The Labute approximate surface area is 116 Å². The molecular weight excluding hydrogens is 256 g/mol. The molecule has 0 saturated carbocycles. The monoisotopic (exact) mass is 270 g/mol. The topological polar surface area (TPSA) is 63.6 Å². The summed E-state index contributed by atoms with van der Waals surface area (Å²) < 4.78 is 5.18. The Bertz CT molecular complexity index is 588. The number of hydrogen-bond donors (Lipinski definition) is 1. The number of carboxylic acids is 1. The number of rotatable bonds is 5. The highest BCUT2D eigenvalue weighted by Crippen LogP contribution is 2.09. The molecule has 0 aliphatic rings. The molecule has 0 spiro atoms. The van der Waals surface area contributed by atoms with Crippen LogP contribution in [0.2, 0.25) is 0 Å². The molecule has 0 atom stereocenters. The van der Waals surface area contributed by atoms with Crippen LogP contribution in [-0.4, -0.2) is 17.0 Å². The van der Waals surface area contributed by atoms with E-state index in [4.69, 9.17) is 9.84 Å². The van der Waals surface area contributed by atoms with Crippen LogP contribution >= 0.6 is 0 Å². The van der Waals surface area contributed by atoms with Gasteiger partial charge in [-0.15, -0.1) is 0 Å². The van der Waals surface area contributed by atoms with Gasteiger partial charge >= 0.3 is 11.9 Å². The maximum Gasteiger partial charge on any atom is 0.338 e. The van der Waals surface area contributed by atoms with Gasteiger partial charge in [-0.1, -0.05) is 42.5 Å². The maximum absolute atomic E-state index is 11.8. The van der Waals surface area contributed by atoms with Crippen molar-refractivity contribution in [2.75, 3.05) is 0 Å². The van der Waals surface area contributed by atoms with E-state index in [2.05, 4.69) is 0 Å². The van der Waals surface area contributed by atoms with E-state index in [1.165, 1.54) is 0 Å². The lowest BCUT2D eigenvalue weighted by atomic mass is 10.1. The maximum atomic E-state index is 11.8. The summed E-state index contributed by atoms with van der Waals surface area (Å²) in [5, 5.41) is 8.66. The van der Waals surface area contributed by atoms with Crippen LogP contribution in [0.15, 0.2) is 54.6 Å². The number of benzene rings is 2. The third-order valence-electron chi connectivity index (χ3n) is 2.76. The fourth-order valence-electron chi connectivity index (χ4n) is 1.74. The van der Waals surface area contributed by atoms with Gasteiger partial charge in [-0.2, -0.15) is 0 Å². The van der Waals surface area contributed by atoms with Crippen molar-refractivity contribution in [2.24, 2.45) is 0 Å². The molecule has 0 heterocycles. The Morgan fingerprint density at radius 2 is 1.55 bits per heavy atom. The molecular formula is C16H14O4. The standard InChI is InChI=1S/C16H14O4/c17-15(18)10-12-6-8-14(9-7-12)16(19)20-11-13-4-2-1-3-5-13/h1-9H,10-11H2,(H,17,18). The van der Waals surface area contributed by atoms with Crippen molar-refractivity contribution < 1.29 is 19.4 Å². The number of carboxylic acid groups (broad SMARTS) is 1. The summed E-state index contributed by atoms with van der Waals surface area (Å²) in [6, 6.07) is 15.8. The lowest BCUT2D eigenvalue weighted by molar-refractivity contribution is -0.136. The predicted molar refractivity (Wildman–Crippen MR) is 73.3 cm³/mol. The minimum absolute atomic E-state index is 0.0562. The Hall–Kier alpha value is -2.62. The quantitative estimate of drug-likeness (QED) is 0.848. The average Bonchev–Trinajstić information content (AvgIpc) is 2.46. The van der Waals surface area contributed by atoms with Gasteiger partial charge < -0.3 is 9.84 Å². The van der Waals surface area contributed by atoms with Crippen LogP contribution < -0.4 is 0 Å². The summed E-state index contributed by atoms with van der Waals surface area (Å²) in [5.74, 6) is -1.32. The lowest BCUT2D eigenvalue weighted by Gasteiger charge is -2.05. The zero-order valence-corrected chi connectivity index (χ0v) is 10.8. The fraction of sp³-hybridized carbons (Fsp3) is 0.125. The van der Waals surface area contributed by atoms with Crippen molar-refractivity contribution in [3.05, 3.63) is 71.3 Å². The van der Waals surface area contributed by atoms with Crippen LogP contribution in [-0.2, 0) is 22.6 Å². The summed E-state index contributed by atoms with van der Waals surface area (Å²) in [6.07, 6.45) is -0.0562. The number of hydrogen-bond acceptors (Lipinski definition) is 3.